The summed E-state index contributed by atoms with van der Waals surface area (Å²) in [6.07, 6.45) is 5.81. The zero-order chi connectivity index (χ0) is 12.3. The Morgan fingerprint density at radius 3 is 3.00 bits per heavy atom. The van der Waals surface area contributed by atoms with Crippen molar-refractivity contribution in [2.45, 2.75) is 39.2 Å². The van der Waals surface area contributed by atoms with Gasteiger partial charge in [-0.2, -0.15) is 0 Å². The molecule has 2 nitrogen and oxygen atoms in total. The number of rotatable bonds is 3. The first kappa shape index (κ1) is 12.8. The second kappa shape index (κ2) is 5.78. The van der Waals surface area contributed by atoms with Crippen LogP contribution in [-0.4, -0.2) is 23.0 Å². The monoisotopic (exact) mass is 250 g/mol. The van der Waals surface area contributed by atoms with Crippen LogP contribution in [0, 0.1) is 10.6 Å². The summed E-state index contributed by atoms with van der Waals surface area (Å²) in [5, 5.41) is 0. The molecule has 1 aromatic rings. The molecule has 1 aromatic heterocycles. The molecule has 0 aliphatic carbocycles. The molecule has 1 aliphatic heterocycles. The zero-order valence-electron chi connectivity index (χ0n) is 10.8. The van der Waals surface area contributed by atoms with E-state index in [-0.39, 0.29) is 0 Å². The number of aromatic amines is 1. The number of pyridine rings is 1. The van der Waals surface area contributed by atoms with Gasteiger partial charge in [0.2, 0.25) is 0 Å². The summed E-state index contributed by atoms with van der Waals surface area (Å²) in [6.45, 7) is 6.97. The molecule has 0 bridgehead atoms. The van der Waals surface area contributed by atoms with Gasteiger partial charge in [0.1, 0.15) is 4.64 Å². The molecular formula is C14H22N2S. The highest BCUT2D eigenvalue weighted by Gasteiger charge is 2.24. The maximum Gasteiger partial charge on any atom is 0.108 e. The Kier molecular flexibility index (Phi) is 4.35. The van der Waals surface area contributed by atoms with E-state index in [9.17, 15) is 0 Å². The highest BCUT2D eigenvalue weighted by Crippen LogP contribution is 2.31. The first-order valence-electron chi connectivity index (χ1n) is 6.60. The highest BCUT2D eigenvalue weighted by atomic mass is 32.1. The standard InChI is InChI=1S/C14H22N2S/c1-11(2)10-16-9-4-3-7-13(16)12-6-5-8-15-14(12)17/h5-6,8,11,13H,3-4,7,9-10H2,1-2H3,(H,15,17)/t13-/m0/s1. The van der Waals surface area contributed by atoms with Crippen LogP contribution in [0.3, 0.4) is 0 Å². The van der Waals surface area contributed by atoms with Crippen molar-refractivity contribution in [2.75, 3.05) is 13.1 Å². The summed E-state index contributed by atoms with van der Waals surface area (Å²) in [4.78, 5) is 5.76. The van der Waals surface area contributed by atoms with E-state index in [1.165, 1.54) is 37.9 Å². The fourth-order valence-corrected chi connectivity index (χ4v) is 3.00. The van der Waals surface area contributed by atoms with Crippen LogP contribution in [0.4, 0.5) is 0 Å². The molecule has 0 aromatic carbocycles. The van der Waals surface area contributed by atoms with Crippen molar-refractivity contribution in [1.29, 1.82) is 0 Å². The molecule has 2 rings (SSSR count). The minimum absolute atomic E-state index is 0.524. The van der Waals surface area contributed by atoms with Crippen molar-refractivity contribution in [3.63, 3.8) is 0 Å². The van der Waals surface area contributed by atoms with E-state index in [1.807, 2.05) is 6.20 Å². The van der Waals surface area contributed by atoms with Gasteiger partial charge in [0.15, 0.2) is 0 Å². The molecule has 1 N–H and O–H groups in total. The summed E-state index contributed by atoms with van der Waals surface area (Å²) in [7, 11) is 0. The lowest BCUT2D eigenvalue weighted by atomic mass is 9.95. The van der Waals surface area contributed by atoms with Gasteiger partial charge in [-0.15, -0.1) is 0 Å². The third-order valence-corrected chi connectivity index (χ3v) is 3.77. The molecule has 1 atom stereocenters. The van der Waals surface area contributed by atoms with Gasteiger partial charge < -0.3 is 4.98 Å². The Bertz CT molecular complexity index is 411. The molecule has 3 heteroatoms. The lowest BCUT2D eigenvalue weighted by Crippen LogP contribution is -2.36. The number of piperidine rings is 1. The van der Waals surface area contributed by atoms with Gasteiger partial charge in [0, 0.05) is 24.3 Å². The molecule has 1 saturated heterocycles. The van der Waals surface area contributed by atoms with Crippen LogP contribution in [0.15, 0.2) is 18.3 Å². The maximum absolute atomic E-state index is 5.42. The Morgan fingerprint density at radius 2 is 2.29 bits per heavy atom. The van der Waals surface area contributed by atoms with Gasteiger partial charge in [0.25, 0.3) is 0 Å². The summed E-state index contributed by atoms with van der Waals surface area (Å²) in [5.74, 6) is 0.719. The van der Waals surface area contributed by atoms with Crippen molar-refractivity contribution < 1.29 is 0 Å². The van der Waals surface area contributed by atoms with Crippen LogP contribution in [0.5, 0.6) is 0 Å². The van der Waals surface area contributed by atoms with Crippen LogP contribution in [-0.2, 0) is 0 Å². The molecule has 1 fully saturated rings. The number of H-pyrrole nitrogens is 1. The molecule has 0 amide bonds. The molecular weight excluding hydrogens is 228 g/mol. The first-order chi connectivity index (χ1) is 8.18. The Balaban J connectivity index is 2.22. The lowest BCUT2D eigenvalue weighted by molar-refractivity contribution is 0.132. The average molecular weight is 250 g/mol. The number of likely N-dealkylation sites (tertiary alicyclic amines) is 1. The van der Waals surface area contributed by atoms with Gasteiger partial charge in [0.05, 0.1) is 0 Å². The van der Waals surface area contributed by atoms with Crippen molar-refractivity contribution in [2.24, 2.45) is 5.92 Å². The Hall–Kier alpha value is -0.670. The predicted molar refractivity (Wildman–Crippen MR) is 74.6 cm³/mol. The van der Waals surface area contributed by atoms with E-state index >= 15 is 0 Å². The van der Waals surface area contributed by atoms with Crippen molar-refractivity contribution in [3.8, 4) is 0 Å². The Morgan fingerprint density at radius 1 is 1.47 bits per heavy atom. The third-order valence-electron chi connectivity index (χ3n) is 3.42. The van der Waals surface area contributed by atoms with Gasteiger partial charge >= 0.3 is 0 Å². The fourth-order valence-electron chi connectivity index (χ4n) is 2.73. The zero-order valence-corrected chi connectivity index (χ0v) is 11.6. The van der Waals surface area contributed by atoms with E-state index in [0.717, 1.165) is 10.6 Å². The average Bonchev–Trinajstić information content (AvgIpc) is 2.30. The SMILES string of the molecule is CC(C)CN1CCCC[C@H]1c1ccc[nH]c1=S. The lowest BCUT2D eigenvalue weighted by Gasteiger charge is -2.37. The van der Waals surface area contributed by atoms with Crippen LogP contribution in [0.1, 0.15) is 44.7 Å². The smallest absolute Gasteiger partial charge is 0.108 e. The quantitative estimate of drug-likeness (QED) is 0.820. The number of nitrogens with zero attached hydrogens (tertiary/aromatic N) is 1. The van der Waals surface area contributed by atoms with Crippen LogP contribution < -0.4 is 0 Å². The van der Waals surface area contributed by atoms with E-state index in [2.05, 4.69) is 35.9 Å². The normalized spacial score (nSPS) is 21.9. The van der Waals surface area contributed by atoms with Crippen molar-refractivity contribution in [3.05, 3.63) is 28.5 Å². The molecule has 0 spiro atoms. The van der Waals surface area contributed by atoms with Crippen LogP contribution >= 0.6 is 12.2 Å². The van der Waals surface area contributed by atoms with Gasteiger partial charge in [-0.3, -0.25) is 4.90 Å². The van der Waals surface area contributed by atoms with Gasteiger partial charge in [-0.1, -0.05) is 38.6 Å². The molecule has 2 heterocycles. The van der Waals surface area contributed by atoms with E-state index in [1.54, 1.807) is 0 Å². The summed E-state index contributed by atoms with van der Waals surface area (Å²) in [6, 6.07) is 4.77. The number of hydrogen-bond acceptors (Lipinski definition) is 2. The number of nitrogens with one attached hydrogen (secondary N) is 1. The predicted octanol–water partition coefficient (Wildman–Crippen LogP) is 3.93. The second-order valence-electron chi connectivity index (χ2n) is 5.35. The van der Waals surface area contributed by atoms with E-state index in [4.69, 9.17) is 12.2 Å². The molecule has 0 radical (unpaired) electrons. The molecule has 94 valence electrons. The summed E-state index contributed by atoms with van der Waals surface area (Å²) in [5.41, 5.74) is 1.31. The molecule has 1 aliphatic rings. The van der Waals surface area contributed by atoms with Crippen LogP contribution in [0.25, 0.3) is 0 Å². The van der Waals surface area contributed by atoms with E-state index in [0.29, 0.717) is 6.04 Å². The second-order valence-corrected chi connectivity index (χ2v) is 5.76. The first-order valence-corrected chi connectivity index (χ1v) is 7.01. The minimum Gasteiger partial charge on any atom is -0.353 e. The van der Waals surface area contributed by atoms with Crippen molar-refractivity contribution >= 4 is 12.2 Å². The number of aromatic nitrogens is 1. The third kappa shape index (κ3) is 3.17. The Labute approximate surface area is 109 Å². The van der Waals surface area contributed by atoms with Gasteiger partial charge in [-0.25, -0.2) is 0 Å². The van der Waals surface area contributed by atoms with Crippen molar-refractivity contribution in [1.82, 2.24) is 9.88 Å². The number of hydrogen-bond donors (Lipinski definition) is 1. The summed E-state index contributed by atoms with van der Waals surface area (Å²) < 4.78 is 0.910. The summed E-state index contributed by atoms with van der Waals surface area (Å²) >= 11 is 5.42. The van der Waals surface area contributed by atoms with Crippen LogP contribution in [0.2, 0.25) is 0 Å². The fraction of sp³-hybridized carbons (Fsp3) is 0.643. The topological polar surface area (TPSA) is 19.0 Å². The highest BCUT2D eigenvalue weighted by molar-refractivity contribution is 7.71. The molecule has 0 unspecified atom stereocenters. The molecule has 0 saturated carbocycles. The van der Waals surface area contributed by atoms with Gasteiger partial charge in [-0.05, 0) is 31.4 Å². The maximum atomic E-state index is 5.42. The largest absolute Gasteiger partial charge is 0.353 e. The minimum atomic E-state index is 0.524. The molecule has 17 heavy (non-hydrogen) atoms. The van der Waals surface area contributed by atoms with E-state index < -0.39 is 0 Å².